The molecule has 0 fully saturated rings. The monoisotopic (exact) mass is 297 g/mol. The number of rotatable bonds is 5. The third-order valence-electron chi connectivity index (χ3n) is 3.16. The molecule has 1 amide bonds. The average Bonchev–Trinajstić information content (AvgIpc) is 2.91. The number of hydrogen-bond donors (Lipinski definition) is 1. The van der Waals surface area contributed by atoms with Gasteiger partial charge in [0.15, 0.2) is 0 Å². The predicted molar refractivity (Wildman–Crippen MR) is 85.6 cm³/mol. The molecule has 5 heteroatoms. The largest absolute Gasteiger partial charge is 0.370 e. The molecule has 0 saturated heterocycles. The molecule has 0 spiro atoms. The van der Waals surface area contributed by atoms with Gasteiger partial charge in [-0.3, -0.25) is 4.79 Å². The van der Waals surface area contributed by atoms with Gasteiger partial charge in [0, 0.05) is 22.5 Å². The van der Waals surface area contributed by atoms with Gasteiger partial charge in [-0.2, -0.15) is 5.10 Å². The Morgan fingerprint density at radius 1 is 1.19 bits per heavy atom. The number of carbonyl (C=O) groups is 1. The second-order valence-corrected chi connectivity index (χ2v) is 5.85. The molecule has 0 aliphatic rings. The summed E-state index contributed by atoms with van der Waals surface area (Å²) in [7, 11) is 0. The first kappa shape index (κ1) is 13.7. The van der Waals surface area contributed by atoms with E-state index in [1.54, 1.807) is 11.8 Å². The van der Waals surface area contributed by atoms with E-state index >= 15 is 0 Å². The SMILES string of the molecule is NC(=O)CCSc1ccc2cnn(-c3ccccc3)c2c1. The smallest absolute Gasteiger partial charge is 0.218 e. The number of benzene rings is 2. The minimum absolute atomic E-state index is 0.266. The summed E-state index contributed by atoms with van der Waals surface area (Å²) in [6.45, 7) is 0. The first-order chi connectivity index (χ1) is 10.2. The van der Waals surface area contributed by atoms with Crippen LogP contribution in [0.1, 0.15) is 6.42 Å². The Kier molecular flexibility index (Phi) is 3.92. The molecule has 1 heterocycles. The molecule has 1 aromatic heterocycles. The zero-order valence-corrected chi connectivity index (χ0v) is 12.2. The van der Waals surface area contributed by atoms with Crippen LogP contribution in [0.25, 0.3) is 16.6 Å². The Morgan fingerprint density at radius 2 is 2.00 bits per heavy atom. The van der Waals surface area contributed by atoms with Gasteiger partial charge in [0.2, 0.25) is 5.91 Å². The highest BCUT2D eigenvalue weighted by Gasteiger charge is 2.06. The molecule has 0 bridgehead atoms. The molecule has 0 aliphatic carbocycles. The lowest BCUT2D eigenvalue weighted by molar-refractivity contribution is -0.117. The Labute approximate surface area is 126 Å². The van der Waals surface area contributed by atoms with Crippen LogP contribution in [-0.4, -0.2) is 21.4 Å². The van der Waals surface area contributed by atoms with Crippen LogP contribution in [0.2, 0.25) is 0 Å². The quantitative estimate of drug-likeness (QED) is 0.736. The number of thioether (sulfide) groups is 1. The van der Waals surface area contributed by atoms with Crippen molar-refractivity contribution >= 4 is 28.6 Å². The second kappa shape index (κ2) is 6.01. The summed E-state index contributed by atoms with van der Waals surface area (Å²) in [6, 6.07) is 16.2. The number of primary amides is 1. The maximum Gasteiger partial charge on any atom is 0.218 e. The summed E-state index contributed by atoms with van der Waals surface area (Å²) in [4.78, 5) is 11.9. The van der Waals surface area contributed by atoms with Crippen LogP contribution in [0.15, 0.2) is 59.6 Å². The number of hydrogen-bond acceptors (Lipinski definition) is 3. The standard InChI is InChI=1S/C16H15N3OS/c17-16(20)8-9-21-14-7-6-12-11-18-19(15(12)10-14)13-4-2-1-3-5-13/h1-7,10-11H,8-9H2,(H2,17,20). The first-order valence-electron chi connectivity index (χ1n) is 6.68. The Hall–Kier alpha value is -2.27. The maximum atomic E-state index is 10.8. The number of para-hydroxylation sites is 1. The molecule has 0 saturated carbocycles. The first-order valence-corrected chi connectivity index (χ1v) is 7.67. The van der Waals surface area contributed by atoms with Gasteiger partial charge in [-0.1, -0.05) is 24.3 Å². The maximum absolute atomic E-state index is 10.8. The van der Waals surface area contributed by atoms with Crippen molar-refractivity contribution in [2.24, 2.45) is 5.73 Å². The van der Waals surface area contributed by atoms with E-state index in [9.17, 15) is 4.79 Å². The van der Waals surface area contributed by atoms with E-state index in [-0.39, 0.29) is 5.91 Å². The van der Waals surface area contributed by atoms with Gasteiger partial charge in [-0.25, -0.2) is 4.68 Å². The summed E-state index contributed by atoms with van der Waals surface area (Å²) in [5, 5.41) is 5.54. The van der Waals surface area contributed by atoms with E-state index in [0.29, 0.717) is 12.2 Å². The van der Waals surface area contributed by atoms with Crippen LogP contribution >= 0.6 is 11.8 Å². The van der Waals surface area contributed by atoms with Crippen molar-refractivity contribution in [3.8, 4) is 5.69 Å². The fraction of sp³-hybridized carbons (Fsp3) is 0.125. The van der Waals surface area contributed by atoms with Crippen molar-refractivity contribution < 1.29 is 4.79 Å². The average molecular weight is 297 g/mol. The van der Waals surface area contributed by atoms with E-state index < -0.39 is 0 Å². The minimum Gasteiger partial charge on any atom is -0.370 e. The molecule has 2 N–H and O–H groups in total. The zero-order chi connectivity index (χ0) is 14.7. The number of aromatic nitrogens is 2. The molecule has 106 valence electrons. The van der Waals surface area contributed by atoms with Crippen molar-refractivity contribution in [1.82, 2.24) is 9.78 Å². The number of nitrogens with two attached hydrogens (primary N) is 1. The lowest BCUT2D eigenvalue weighted by Gasteiger charge is -2.05. The molecular formula is C16H15N3OS. The molecule has 0 atom stereocenters. The van der Waals surface area contributed by atoms with Crippen molar-refractivity contribution in [1.29, 1.82) is 0 Å². The number of nitrogens with zero attached hydrogens (tertiary/aromatic N) is 2. The topological polar surface area (TPSA) is 60.9 Å². The van der Waals surface area contributed by atoms with Crippen molar-refractivity contribution in [3.05, 3.63) is 54.7 Å². The van der Waals surface area contributed by atoms with Crippen LogP contribution in [0.5, 0.6) is 0 Å². The van der Waals surface area contributed by atoms with Crippen LogP contribution in [-0.2, 0) is 4.79 Å². The van der Waals surface area contributed by atoms with Gasteiger partial charge < -0.3 is 5.73 Å². The molecular weight excluding hydrogens is 282 g/mol. The van der Waals surface area contributed by atoms with E-state index in [2.05, 4.69) is 11.2 Å². The highest BCUT2D eigenvalue weighted by molar-refractivity contribution is 7.99. The molecule has 3 aromatic rings. The predicted octanol–water partition coefficient (Wildman–Crippen LogP) is 2.99. The fourth-order valence-electron chi connectivity index (χ4n) is 2.13. The summed E-state index contributed by atoms with van der Waals surface area (Å²) in [5.41, 5.74) is 7.26. The lowest BCUT2D eigenvalue weighted by atomic mass is 10.2. The van der Waals surface area contributed by atoms with E-state index in [1.807, 2.05) is 53.3 Å². The van der Waals surface area contributed by atoms with Crippen LogP contribution in [0.3, 0.4) is 0 Å². The van der Waals surface area contributed by atoms with Crippen molar-refractivity contribution in [2.75, 3.05) is 5.75 Å². The zero-order valence-electron chi connectivity index (χ0n) is 11.4. The van der Waals surface area contributed by atoms with Gasteiger partial charge in [0.05, 0.1) is 17.4 Å². The van der Waals surface area contributed by atoms with Crippen molar-refractivity contribution in [2.45, 2.75) is 11.3 Å². The molecule has 2 aromatic carbocycles. The molecule has 0 radical (unpaired) electrons. The normalized spacial score (nSPS) is 10.9. The Morgan fingerprint density at radius 3 is 2.76 bits per heavy atom. The van der Waals surface area contributed by atoms with E-state index in [1.165, 1.54) is 0 Å². The van der Waals surface area contributed by atoms with E-state index in [0.717, 1.165) is 21.5 Å². The summed E-state index contributed by atoms with van der Waals surface area (Å²) >= 11 is 1.63. The third-order valence-corrected chi connectivity index (χ3v) is 4.16. The second-order valence-electron chi connectivity index (χ2n) is 4.68. The van der Waals surface area contributed by atoms with E-state index in [4.69, 9.17) is 5.73 Å². The summed E-state index contributed by atoms with van der Waals surface area (Å²) in [5.74, 6) is 0.429. The molecule has 3 rings (SSSR count). The van der Waals surface area contributed by atoms with Crippen LogP contribution in [0, 0.1) is 0 Å². The van der Waals surface area contributed by atoms with Crippen LogP contribution in [0.4, 0.5) is 0 Å². The van der Waals surface area contributed by atoms with Gasteiger partial charge in [-0.05, 0) is 24.3 Å². The van der Waals surface area contributed by atoms with Crippen molar-refractivity contribution in [3.63, 3.8) is 0 Å². The Balaban J connectivity index is 1.91. The van der Waals surface area contributed by atoms with Gasteiger partial charge in [0.25, 0.3) is 0 Å². The van der Waals surface area contributed by atoms with Gasteiger partial charge in [0.1, 0.15) is 0 Å². The third kappa shape index (κ3) is 3.08. The summed E-state index contributed by atoms with van der Waals surface area (Å²) < 4.78 is 1.92. The minimum atomic E-state index is -0.266. The molecule has 21 heavy (non-hydrogen) atoms. The Bertz CT molecular complexity index is 768. The molecule has 0 aliphatic heterocycles. The highest BCUT2D eigenvalue weighted by Crippen LogP contribution is 2.25. The molecule has 4 nitrogen and oxygen atoms in total. The van der Waals surface area contributed by atoms with Crippen LogP contribution < -0.4 is 5.73 Å². The number of carbonyl (C=O) groups excluding carboxylic acids is 1. The number of amides is 1. The van der Waals surface area contributed by atoms with Gasteiger partial charge in [-0.15, -0.1) is 11.8 Å². The molecule has 0 unspecified atom stereocenters. The summed E-state index contributed by atoms with van der Waals surface area (Å²) in [6.07, 6.45) is 2.25. The number of fused-ring (bicyclic) bond motifs is 1. The fourth-order valence-corrected chi connectivity index (χ4v) is 3.03. The lowest BCUT2D eigenvalue weighted by Crippen LogP contribution is -2.10. The van der Waals surface area contributed by atoms with Gasteiger partial charge >= 0.3 is 0 Å². The highest BCUT2D eigenvalue weighted by atomic mass is 32.2.